The summed E-state index contributed by atoms with van der Waals surface area (Å²) >= 11 is 4.56. The molecule has 3 aromatic rings. The maximum absolute atomic E-state index is 11.8. The summed E-state index contributed by atoms with van der Waals surface area (Å²) in [7, 11) is 0.161. The monoisotopic (exact) mass is 496 g/mol. The van der Waals surface area contributed by atoms with Crippen LogP contribution in [0, 0.1) is 0 Å². The first-order chi connectivity index (χ1) is 13.7. The normalized spacial score (nSPS) is 13.0. The van der Waals surface area contributed by atoms with E-state index < -0.39 is 20.1 Å². The average Bonchev–Trinajstić information content (AvgIpc) is 3.24. The van der Waals surface area contributed by atoms with Crippen LogP contribution >= 0.6 is 27.3 Å². The molecule has 156 valence electrons. The first-order valence-electron chi connectivity index (χ1n) is 9.29. The van der Waals surface area contributed by atoms with Crippen LogP contribution in [0.5, 0.6) is 0 Å². The third kappa shape index (κ3) is 5.15. The number of halogens is 1. The van der Waals surface area contributed by atoms with Crippen molar-refractivity contribution in [2.75, 3.05) is 13.7 Å². The molecule has 9 heteroatoms. The Bertz CT molecular complexity index is 1010. The Morgan fingerprint density at radius 1 is 1.34 bits per heavy atom. The van der Waals surface area contributed by atoms with Crippen molar-refractivity contribution >= 4 is 52.2 Å². The van der Waals surface area contributed by atoms with E-state index >= 15 is 0 Å². The molecule has 1 N–H and O–H groups in total. The molecule has 0 aliphatic carbocycles. The van der Waals surface area contributed by atoms with Crippen LogP contribution in [-0.2, 0) is 16.2 Å². The lowest BCUT2D eigenvalue weighted by molar-refractivity contribution is 0.0593. The molecule has 29 heavy (non-hydrogen) atoms. The van der Waals surface area contributed by atoms with Crippen LogP contribution in [0.15, 0.2) is 34.2 Å². The summed E-state index contributed by atoms with van der Waals surface area (Å²) in [4.78, 5) is 16.1. The molecule has 2 heterocycles. The number of carbonyl (C=O) groups excluding carboxylic acids is 1. The van der Waals surface area contributed by atoms with Crippen molar-refractivity contribution < 1.29 is 19.4 Å². The number of methoxy groups -OCH3 is 1. The number of carbonyl (C=O) groups is 1. The van der Waals surface area contributed by atoms with Crippen LogP contribution in [0.1, 0.15) is 27.2 Å². The number of aliphatic hydroxyl groups is 1. The number of hydrogen-bond acceptors (Lipinski definition) is 6. The van der Waals surface area contributed by atoms with Crippen LogP contribution in [0.25, 0.3) is 10.9 Å². The van der Waals surface area contributed by atoms with E-state index in [-0.39, 0.29) is 5.69 Å². The number of thiazole rings is 1. The molecular formula is C20H25BrN2O4SSi. The second-order valence-electron chi connectivity index (χ2n) is 7.99. The molecule has 3 rings (SSSR count). The van der Waals surface area contributed by atoms with Crippen molar-refractivity contribution in [2.45, 2.75) is 38.5 Å². The van der Waals surface area contributed by atoms with Gasteiger partial charge in [-0.1, -0.05) is 37.8 Å². The Morgan fingerprint density at radius 2 is 2.07 bits per heavy atom. The molecule has 0 aliphatic heterocycles. The highest BCUT2D eigenvalue weighted by atomic mass is 79.9. The van der Waals surface area contributed by atoms with E-state index in [4.69, 9.17) is 9.47 Å². The molecule has 0 saturated carbocycles. The SMILES string of the molecule is COC(=O)c1nc(C(O)c2cn(COCC[Si](C)(C)C)c3ccccc23)sc1Br. The van der Waals surface area contributed by atoms with Crippen LogP contribution in [0.2, 0.25) is 25.7 Å². The molecule has 0 fully saturated rings. The van der Waals surface area contributed by atoms with Crippen LogP contribution in [0.4, 0.5) is 0 Å². The van der Waals surface area contributed by atoms with Gasteiger partial charge in [-0.15, -0.1) is 11.3 Å². The zero-order valence-electron chi connectivity index (χ0n) is 16.9. The van der Waals surface area contributed by atoms with Gasteiger partial charge in [0.25, 0.3) is 0 Å². The lowest BCUT2D eigenvalue weighted by Gasteiger charge is -2.15. The number of aliphatic hydroxyl groups excluding tert-OH is 1. The number of rotatable bonds is 8. The molecule has 6 nitrogen and oxygen atoms in total. The zero-order valence-corrected chi connectivity index (χ0v) is 20.3. The molecule has 1 aromatic carbocycles. The number of fused-ring (bicyclic) bond motifs is 1. The maximum Gasteiger partial charge on any atom is 0.358 e. The summed E-state index contributed by atoms with van der Waals surface area (Å²) < 4.78 is 13.2. The average molecular weight is 497 g/mol. The van der Waals surface area contributed by atoms with Crippen molar-refractivity contribution in [3.63, 3.8) is 0 Å². The van der Waals surface area contributed by atoms with E-state index in [1.165, 1.54) is 18.4 Å². The zero-order chi connectivity index (χ0) is 21.2. The van der Waals surface area contributed by atoms with E-state index in [2.05, 4.69) is 40.6 Å². The molecule has 2 aromatic heterocycles. The summed E-state index contributed by atoms with van der Waals surface area (Å²) in [6.45, 7) is 8.12. The van der Waals surface area contributed by atoms with Crippen molar-refractivity contribution in [1.82, 2.24) is 9.55 Å². The van der Waals surface area contributed by atoms with E-state index in [1.54, 1.807) is 0 Å². The largest absolute Gasteiger partial charge is 0.464 e. The highest BCUT2D eigenvalue weighted by molar-refractivity contribution is 9.11. The fraction of sp³-hybridized carbons (Fsp3) is 0.400. The standard InChI is InChI=1S/C20H25BrN2O4SSi/c1-26-20(25)16-18(21)28-19(22-16)17(24)14-11-23(12-27-9-10-29(2,3)4)15-8-6-5-7-13(14)15/h5-8,11,17,24H,9-10,12H2,1-4H3. The predicted molar refractivity (Wildman–Crippen MR) is 121 cm³/mol. The van der Waals surface area contributed by atoms with Crippen molar-refractivity contribution in [3.8, 4) is 0 Å². The van der Waals surface area contributed by atoms with E-state index in [1.807, 2.05) is 35.0 Å². The molecule has 0 amide bonds. The molecule has 1 unspecified atom stereocenters. The number of hydrogen-bond donors (Lipinski definition) is 1. The Hall–Kier alpha value is -1.52. The number of esters is 1. The maximum atomic E-state index is 11.8. The second-order valence-corrected chi connectivity index (χ2v) is 16.0. The first-order valence-corrected chi connectivity index (χ1v) is 14.6. The molecule has 0 bridgehead atoms. The summed E-state index contributed by atoms with van der Waals surface area (Å²) in [6.07, 6.45) is 0.944. The highest BCUT2D eigenvalue weighted by Gasteiger charge is 2.24. The Kier molecular flexibility index (Phi) is 6.95. The molecule has 0 saturated heterocycles. The quantitative estimate of drug-likeness (QED) is 0.268. The van der Waals surface area contributed by atoms with E-state index in [0.29, 0.717) is 15.5 Å². The van der Waals surface area contributed by atoms with Gasteiger partial charge in [0.15, 0.2) is 5.69 Å². The van der Waals surface area contributed by atoms with Gasteiger partial charge in [0.1, 0.15) is 21.6 Å². The molecule has 0 aliphatic rings. The summed E-state index contributed by atoms with van der Waals surface area (Å²) in [5, 5.41) is 12.4. The predicted octanol–water partition coefficient (Wildman–Crippen LogP) is 5.04. The highest BCUT2D eigenvalue weighted by Crippen LogP contribution is 2.35. The number of aromatic nitrogens is 2. The Morgan fingerprint density at radius 3 is 2.76 bits per heavy atom. The third-order valence-electron chi connectivity index (χ3n) is 4.56. The fourth-order valence-corrected chi connectivity index (χ4v) is 5.22. The number of para-hydroxylation sites is 1. The first kappa shape index (κ1) is 22.2. The van der Waals surface area contributed by atoms with Gasteiger partial charge in [-0.25, -0.2) is 9.78 Å². The van der Waals surface area contributed by atoms with Crippen LogP contribution in [0.3, 0.4) is 0 Å². The van der Waals surface area contributed by atoms with E-state index in [0.717, 1.165) is 29.1 Å². The van der Waals surface area contributed by atoms with Gasteiger partial charge in [-0.05, 0) is 28.0 Å². The van der Waals surface area contributed by atoms with Gasteiger partial charge in [-0.3, -0.25) is 0 Å². The van der Waals surface area contributed by atoms with Gasteiger partial charge < -0.3 is 19.1 Å². The van der Waals surface area contributed by atoms with Gasteiger partial charge in [0, 0.05) is 31.8 Å². The second kappa shape index (κ2) is 9.09. The van der Waals surface area contributed by atoms with Crippen LogP contribution < -0.4 is 0 Å². The fourth-order valence-electron chi connectivity index (χ4n) is 2.93. The minimum absolute atomic E-state index is 0.171. The third-order valence-corrected chi connectivity index (χ3v) is 8.02. The van der Waals surface area contributed by atoms with Gasteiger partial charge in [-0.2, -0.15) is 0 Å². The smallest absolute Gasteiger partial charge is 0.358 e. The van der Waals surface area contributed by atoms with Gasteiger partial charge in [0.05, 0.1) is 12.6 Å². The van der Waals surface area contributed by atoms with Crippen molar-refractivity contribution in [1.29, 1.82) is 0 Å². The van der Waals surface area contributed by atoms with E-state index in [9.17, 15) is 9.90 Å². The Balaban J connectivity index is 1.87. The summed E-state index contributed by atoms with van der Waals surface area (Å²) in [6, 6.07) is 8.98. The molecule has 0 radical (unpaired) electrons. The van der Waals surface area contributed by atoms with Crippen molar-refractivity contribution in [2.24, 2.45) is 0 Å². The number of nitrogens with zero attached hydrogens (tertiary/aromatic N) is 2. The van der Waals surface area contributed by atoms with Gasteiger partial charge >= 0.3 is 5.97 Å². The van der Waals surface area contributed by atoms with Crippen LogP contribution in [-0.4, -0.2) is 42.4 Å². The lowest BCUT2D eigenvalue weighted by Crippen LogP contribution is -2.21. The minimum atomic E-state index is -1.14. The summed E-state index contributed by atoms with van der Waals surface area (Å²) in [5.41, 5.74) is 1.88. The summed E-state index contributed by atoms with van der Waals surface area (Å²) in [5.74, 6) is -0.537. The minimum Gasteiger partial charge on any atom is -0.464 e. The van der Waals surface area contributed by atoms with Gasteiger partial charge in [0.2, 0.25) is 0 Å². The number of benzene rings is 1. The Labute approximate surface area is 183 Å². The molecule has 1 atom stereocenters. The number of ether oxygens (including phenoxy) is 2. The van der Waals surface area contributed by atoms with Crippen molar-refractivity contribution in [3.05, 3.63) is 50.5 Å². The lowest BCUT2D eigenvalue weighted by atomic mass is 10.1. The molecule has 0 spiro atoms. The molecular weight excluding hydrogens is 472 g/mol. The topological polar surface area (TPSA) is 73.6 Å².